The number of nitrogens with zero attached hydrogens (tertiary/aromatic N) is 3. The van der Waals surface area contributed by atoms with E-state index in [0.29, 0.717) is 12.3 Å². The van der Waals surface area contributed by atoms with Crippen molar-refractivity contribution in [1.29, 1.82) is 0 Å². The summed E-state index contributed by atoms with van der Waals surface area (Å²) in [7, 11) is 0. The Morgan fingerprint density at radius 1 is 1.09 bits per heavy atom. The van der Waals surface area contributed by atoms with Gasteiger partial charge in [0.15, 0.2) is 5.82 Å². The number of pyridine rings is 1. The molecule has 0 saturated heterocycles. The monoisotopic (exact) mass is 489 g/mol. The SMILES string of the molecule is CC(=O)NC1CCC(Nc2ncc(F)c(-c3cccc(-n4cc(C(F)(F)F)ccc4=O)c3)n2)CC1. The number of hydrogen-bond acceptors (Lipinski definition) is 5. The Morgan fingerprint density at radius 2 is 1.80 bits per heavy atom. The van der Waals surface area contributed by atoms with E-state index in [-0.39, 0.29) is 40.9 Å². The van der Waals surface area contributed by atoms with Gasteiger partial charge in [0.2, 0.25) is 11.9 Å². The van der Waals surface area contributed by atoms with Crippen LogP contribution >= 0.6 is 0 Å². The van der Waals surface area contributed by atoms with Gasteiger partial charge in [-0.25, -0.2) is 14.4 Å². The van der Waals surface area contributed by atoms with Crippen LogP contribution in [0.4, 0.5) is 23.5 Å². The Kier molecular flexibility index (Phi) is 6.86. The molecule has 1 saturated carbocycles. The maximum atomic E-state index is 14.6. The van der Waals surface area contributed by atoms with Gasteiger partial charge < -0.3 is 10.6 Å². The van der Waals surface area contributed by atoms with Gasteiger partial charge in [-0.2, -0.15) is 13.2 Å². The summed E-state index contributed by atoms with van der Waals surface area (Å²) in [5, 5.41) is 6.09. The van der Waals surface area contributed by atoms with Crippen molar-refractivity contribution < 1.29 is 22.4 Å². The van der Waals surface area contributed by atoms with Crippen molar-refractivity contribution in [3.05, 3.63) is 70.5 Å². The molecule has 4 rings (SSSR count). The van der Waals surface area contributed by atoms with E-state index < -0.39 is 23.1 Å². The van der Waals surface area contributed by atoms with Crippen molar-refractivity contribution in [2.45, 2.75) is 50.9 Å². The van der Waals surface area contributed by atoms with Crippen LogP contribution in [0.1, 0.15) is 38.2 Å². The first-order valence-electron chi connectivity index (χ1n) is 11.1. The fourth-order valence-electron chi connectivity index (χ4n) is 4.15. The van der Waals surface area contributed by atoms with Gasteiger partial charge in [0.1, 0.15) is 5.69 Å². The number of carbonyl (C=O) groups excluding carboxylic acids is 1. The molecule has 7 nitrogen and oxygen atoms in total. The predicted octanol–water partition coefficient (Wildman–Crippen LogP) is 4.31. The fourth-order valence-corrected chi connectivity index (χ4v) is 4.15. The van der Waals surface area contributed by atoms with E-state index >= 15 is 0 Å². The van der Waals surface area contributed by atoms with Gasteiger partial charge in [-0.05, 0) is 43.9 Å². The molecule has 0 unspecified atom stereocenters. The molecule has 11 heteroatoms. The van der Waals surface area contributed by atoms with Crippen LogP contribution in [-0.4, -0.2) is 32.5 Å². The third-order valence-corrected chi connectivity index (χ3v) is 5.85. The Hall–Kier alpha value is -3.76. The van der Waals surface area contributed by atoms with E-state index in [0.717, 1.165) is 42.5 Å². The molecular formula is C24H23F4N5O2. The molecule has 0 aliphatic heterocycles. The maximum Gasteiger partial charge on any atom is 0.417 e. The number of anilines is 1. The van der Waals surface area contributed by atoms with E-state index in [9.17, 15) is 27.2 Å². The van der Waals surface area contributed by atoms with E-state index in [2.05, 4.69) is 20.6 Å². The summed E-state index contributed by atoms with van der Waals surface area (Å²) in [6, 6.07) is 7.64. The lowest BCUT2D eigenvalue weighted by Gasteiger charge is -2.29. The Morgan fingerprint density at radius 3 is 2.49 bits per heavy atom. The smallest absolute Gasteiger partial charge is 0.354 e. The molecule has 0 spiro atoms. The molecular weight excluding hydrogens is 466 g/mol. The normalized spacial score (nSPS) is 18.2. The highest BCUT2D eigenvalue weighted by atomic mass is 19.4. The maximum absolute atomic E-state index is 14.6. The molecule has 1 aliphatic carbocycles. The first kappa shape index (κ1) is 24.4. The summed E-state index contributed by atoms with van der Waals surface area (Å²) >= 11 is 0. The van der Waals surface area contributed by atoms with Crippen molar-refractivity contribution in [3.8, 4) is 16.9 Å². The number of rotatable bonds is 5. The van der Waals surface area contributed by atoms with Crippen molar-refractivity contribution in [3.63, 3.8) is 0 Å². The van der Waals surface area contributed by atoms with Crippen LogP contribution in [0.5, 0.6) is 0 Å². The number of carbonyl (C=O) groups is 1. The highest BCUT2D eigenvalue weighted by Gasteiger charge is 2.31. The van der Waals surface area contributed by atoms with Gasteiger partial charge in [0, 0.05) is 42.5 Å². The quantitative estimate of drug-likeness (QED) is 0.522. The predicted molar refractivity (Wildman–Crippen MR) is 122 cm³/mol. The van der Waals surface area contributed by atoms with Crippen LogP contribution in [0.3, 0.4) is 0 Å². The summed E-state index contributed by atoms with van der Waals surface area (Å²) in [6.45, 7) is 1.48. The minimum Gasteiger partial charge on any atom is -0.354 e. The van der Waals surface area contributed by atoms with Crippen LogP contribution in [0, 0.1) is 5.82 Å². The van der Waals surface area contributed by atoms with Crippen LogP contribution in [-0.2, 0) is 11.0 Å². The second kappa shape index (κ2) is 9.85. The highest BCUT2D eigenvalue weighted by Crippen LogP contribution is 2.29. The minimum absolute atomic E-state index is 0.0451. The summed E-state index contributed by atoms with van der Waals surface area (Å²) in [5.74, 6) is -0.563. The molecule has 1 amide bonds. The first-order chi connectivity index (χ1) is 16.6. The third kappa shape index (κ3) is 5.84. The zero-order valence-electron chi connectivity index (χ0n) is 18.8. The zero-order chi connectivity index (χ0) is 25.2. The van der Waals surface area contributed by atoms with Crippen LogP contribution in [0.25, 0.3) is 16.9 Å². The van der Waals surface area contributed by atoms with Gasteiger partial charge in [0.05, 0.1) is 11.8 Å². The molecule has 0 bridgehead atoms. The number of alkyl halides is 3. The second-order valence-corrected chi connectivity index (χ2v) is 8.46. The molecule has 1 fully saturated rings. The number of nitrogens with one attached hydrogen (secondary N) is 2. The molecule has 184 valence electrons. The number of halogens is 4. The summed E-state index contributed by atoms with van der Waals surface area (Å²) in [5.41, 5.74) is -1.26. The summed E-state index contributed by atoms with van der Waals surface area (Å²) in [6.07, 6.45) is 0.245. The van der Waals surface area contributed by atoms with Gasteiger partial charge in [-0.1, -0.05) is 12.1 Å². The molecule has 35 heavy (non-hydrogen) atoms. The number of amides is 1. The molecule has 3 aromatic rings. The third-order valence-electron chi connectivity index (χ3n) is 5.85. The highest BCUT2D eigenvalue weighted by molar-refractivity contribution is 5.73. The van der Waals surface area contributed by atoms with Gasteiger partial charge >= 0.3 is 6.18 Å². The van der Waals surface area contributed by atoms with E-state index in [4.69, 9.17) is 0 Å². The molecule has 2 heterocycles. The lowest BCUT2D eigenvalue weighted by atomic mass is 9.91. The number of aromatic nitrogens is 3. The average Bonchev–Trinajstić information content (AvgIpc) is 2.81. The van der Waals surface area contributed by atoms with Crippen molar-refractivity contribution in [1.82, 2.24) is 19.9 Å². The largest absolute Gasteiger partial charge is 0.417 e. The first-order valence-corrected chi connectivity index (χ1v) is 11.1. The zero-order valence-corrected chi connectivity index (χ0v) is 18.8. The minimum atomic E-state index is -4.62. The average molecular weight is 489 g/mol. The Bertz CT molecular complexity index is 1280. The molecule has 2 N–H and O–H groups in total. The standard InChI is InChI=1S/C24H23F4N5O2/c1-14(34)30-17-6-8-18(9-7-17)31-23-29-12-20(25)22(32-23)15-3-2-4-19(11-15)33-13-16(24(26,27)28)5-10-21(33)35/h2-5,10-13,17-18H,6-9H2,1H3,(H,30,34)(H,29,31,32). The van der Waals surface area contributed by atoms with E-state index in [1.165, 1.54) is 25.1 Å². The lowest BCUT2D eigenvalue weighted by Crippen LogP contribution is -2.39. The topological polar surface area (TPSA) is 88.9 Å². The van der Waals surface area contributed by atoms with Crippen molar-refractivity contribution in [2.75, 3.05) is 5.32 Å². The van der Waals surface area contributed by atoms with Crippen LogP contribution in [0.2, 0.25) is 0 Å². The number of hydrogen-bond donors (Lipinski definition) is 2. The van der Waals surface area contributed by atoms with Crippen LogP contribution < -0.4 is 16.2 Å². The van der Waals surface area contributed by atoms with E-state index in [1.807, 2.05) is 0 Å². The lowest BCUT2D eigenvalue weighted by molar-refractivity contribution is -0.138. The number of benzene rings is 1. The van der Waals surface area contributed by atoms with Crippen molar-refractivity contribution in [2.24, 2.45) is 0 Å². The van der Waals surface area contributed by atoms with Gasteiger partial charge in [0.25, 0.3) is 5.56 Å². The van der Waals surface area contributed by atoms with Gasteiger partial charge in [-0.15, -0.1) is 0 Å². The molecule has 1 aliphatic rings. The summed E-state index contributed by atoms with van der Waals surface area (Å²) in [4.78, 5) is 31.8. The van der Waals surface area contributed by atoms with Crippen LogP contribution in [0.15, 0.2) is 53.6 Å². The Balaban J connectivity index is 1.57. The van der Waals surface area contributed by atoms with E-state index in [1.54, 1.807) is 6.07 Å². The van der Waals surface area contributed by atoms with Gasteiger partial charge in [-0.3, -0.25) is 14.2 Å². The fraction of sp³-hybridized carbons (Fsp3) is 0.333. The Labute approximate surface area is 198 Å². The second-order valence-electron chi connectivity index (χ2n) is 8.46. The summed E-state index contributed by atoms with van der Waals surface area (Å²) < 4.78 is 54.8. The molecule has 2 aromatic heterocycles. The van der Waals surface area contributed by atoms with Crippen molar-refractivity contribution >= 4 is 11.9 Å². The molecule has 0 radical (unpaired) electrons. The molecule has 0 atom stereocenters. The molecule has 1 aromatic carbocycles.